The zero-order valence-electron chi connectivity index (χ0n) is 11.9. The highest BCUT2D eigenvalue weighted by Crippen LogP contribution is 2.16. The highest BCUT2D eigenvalue weighted by Gasteiger charge is 2.10. The van der Waals surface area contributed by atoms with Crippen LogP contribution >= 0.6 is 11.6 Å². The molecule has 0 aliphatic heterocycles. The molecule has 114 valence electrons. The molecule has 5 nitrogen and oxygen atoms in total. The maximum atomic E-state index is 11.8. The minimum atomic E-state index is -0.409. The fourth-order valence-electron chi connectivity index (χ4n) is 1.80. The first kappa shape index (κ1) is 15.9. The van der Waals surface area contributed by atoms with Gasteiger partial charge in [0, 0.05) is 16.4 Å². The van der Waals surface area contributed by atoms with E-state index in [0.29, 0.717) is 22.1 Å². The van der Waals surface area contributed by atoms with E-state index in [2.05, 4.69) is 10.6 Å². The fraction of sp³-hybridized carbons (Fsp3) is 0.125. The molecule has 0 fully saturated rings. The van der Waals surface area contributed by atoms with Gasteiger partial charge in [-0.25, -0.2) is 0 Å². The van der Waals surface area contributed by atoms with E-state index in [0.717, 1.165) is 0 Å². The number of methoxy groups -OCH3 is 1. The van der Waals surface area contributed by atoms with Crippen LogP contribution in [0.3, 0.4) is 0 Å². The Morgan fingerprint density at radius 1 is 1.00 bits per heavy atom. The summed E-state index contributed by atoms with van der Waals surface area (Å²) in [5, 5.41) is 5.77. The molecule has 2 amide bonds. The van der Waals surface area contributed by atoms with E-state index < -0.39 is 11.8 Å². The van der Waals surface area contributed by atoms with Crippen LogP contribution in [0.1, 0.15) is 6.42 Å². The molecule has 22 heavy (non-hydrogen) atoms. The van der Waals surface area contributed by atoms with Crippen molar-refractivity contribution in [1.82, 2.24) is 0 Å². The Bertz CT molecular complexity index is 671. The van der Waals surface area contributed by atoms with Gasteiger partial charge in [0.1, 0.15) is 12.2 Å². The summed E-state index contributed by atoms with van der Waals surface area (Å²) in [6, 6.07) is 13.6. The molecule has 0 atom stereocenters. The standard InChI is InChI=1S/C16H15ClN2O3/c1-22-14-7-5-12(6-8-14)18-15(20)10-16(21)19-13-4-2-3-11(17)9-13/h2-9H,10H2,1H3,(H,18,20)(H,19,21). The summed E-state index contributed by atoms with van der Waals surface area (Å²) in [6.45, 7) is 0. The maximum Gasteiger partial charge on any atom is 0.233 e. The van der Waals surface area contributed by atoms with Gasteiger partial charge >= 0.3 is 0 Å². The summed E-state index contributed by atoms with van der Waals surface area (Å²) in [4.78, 5) is 23.6. The molecular weight excluding hydrogens is 304 g/mol. The van der Waals surface area contributed by atoms with Crippen molar-refractivity contribution in [3.63, 3.8) is 0 Å². The molecule has 0 heterocycles. The second-order valence-corrected chi connectivity index (χ2v) is 4.95. The smallest absolute Gasteiger partial charge is 0.233 e. The van der Waals surface area contributed by atoms with Crippen molar-refractivity contribution >= 4 is 34.8 Å². The Kier molecular flexibility index (Phi) is 5.38. The molecule has 0 unspecified atom stereocenters. The van der Waals surface area contributed by atoms with E-state index in [4.69, 9.17) is 16.3 Å². The third-order valence-corrected chi connectivity index (χ3v) is 3.04. The quantitative estimate of drug-likeness (QED) is 0.831. The Morgan fingerprint density at radius 2 is 1.64 bits per heavy atom. The van der Waals surface area contributed by atoms with Gasteiger partial charge in [-0.1, -0.05) is 17.7 Å². The van der Waals surface area contributed by atoms with Crippen molar-refractivity contribution < 1.29 is 14.3 Å². The fourth-order valence-corrected chi connectivity index (χ4v) is 1.99. The van der Waals surface area contributed by atoms with E-state index in [9.17, 15) is 9.59 Å². The van der Waals surface area contributed by atoms with Crippen LogP contribution in [0.15, 0.2) is 48.5 Å². The number of rotatable bonds is 5. The lowest BCUT2D eigenvalue weighted by molar-refractivity contribution is -0.123. The zero-order valence-corrected chi connectivity index (χ0v) is 12.7. The predicted octanol–water partition coefficient (Wildman–Crippen LogP) is 3.32. The normalized spacial score (nSPS) is 9.91. The molecule has 0 aliphatic rings. The molecule has 0 radical (unpaired) electrons. The van der Waals surface area contributed by atoms with Crippen LogP contribution in [0.4, 0.5) is 11.4 Å². The first-order chi connectivity index (χ1) is 10.6. The molecular formula is C16H15ClN2O3. The average molecular weight is 319 g/mol. The SMILES string of the molecule is COc1ccc(NC(=O)CC(=O)Nc2cccc(Cl)c2)cc1. The van der Waals surface area contributed by atoms with Crippen LogP contribution in [0.2, 0.25) is 5.02 Å². The molecule has 0 saturated heterocycles. The van der Waals surface area contributed by atoms with E-state index in [1.54, 1.807) is 55.6 Å². The number of hydrogen-bond donors (Lipinski definition) is 2. The molecule has 0 aliphatic carbocycles. The van der Waals surface area contributed by atoms with E-state index in [-0.39, 0.29) is 6.42 Å². The molecule has 6 heteroatoms. The molecule has 0 saturated carbocycles. The van der Waals surface area contributed by atoms with Crippen molar-refractivity contribution in [2.45, 2.75) is 6.42 Å². The molecule has 0 bridgehead atoms. The predicted molar refractivity (Wildman–Crippen MR) is 86.3 cm³/mol. The third-order valence-electron chi connectivity index (χ3n) is 2.80. The molecule has 2 N–H and O–H groups in total. The number of anilines is 2. The molecule has 0 aromatic heterocycles. The summed E-state index contributed by atoms with van der Waals surface area (Å²) in [6.07, 6.45) is -0.279. The lowest BCUT2D eigenvalue weighted by atomic mass is 10.2. The topological polar surface area (TPSA) is 67.4 Å². The van der Waals surface area contributed by atoms with Crippen molar-refractivity contribution in [2.75, 3.05) is 17.7 Å². The average Bonchev–Trinajstić information content (AvgIpc) is 2.47. The maximum absolute atomic E-state index is 11.8. The summed E-state index contributed by atoms with van der Waals surface area (Å²) in [5.74, 6) is -0.116. The van der Waals surface area contributed by atoms with Crippen molar-refractivity contribution in [3.05, 3.63) is 53.6 Å². The van der Waals surface area contributed by atoms with E-state index in [1.807, 2.05) is 0 Å². The van der Waals surface area contributed by atoms with Gasteiger partial charge in [-0.15, -0.1) is 0 Å². The molecule has 2 aromatic rings. The van der Waals surface area contributed by atoms with Crippen molar-refractivity contribution in [2.24, 2.45) is 0 Å². The van der Waals surface area contributed by atoms with Crippen LogP contribution in [0.25, 0.3) is 0 Å². The summed E-state index contributed by atoms with van der Waals surface area (Å²) in [5.41, 5.74) is 1.15. The van der Waals surface area contributed by atoms with Gasteiger partial charge in [0.05, 0.1) is 7.11 Å². The van der Waals surface area contributed by atoms with Crippen molar-refractivity contribution in [1.29, 1.82) is 0 Å². The number of benzene rings is 2. The third kappa shape index (κ3) is 4.79. The Labute approximate surface area is 133 Å². The number of carbonyl (C=O) groups excluding carboxylic acids is 2. The summed E-state index contributed by atoms with van der Waals surface area (Å²) < 4.78 is 5.03. The van der Waals surface area contributed by atoms with E-state index >= 15 is 0 Å². The highest BCUT2D eigenvalue weighted by atomic mass is 35.5. The van der Waals surface area contributed by atoms with Gasteiger partial charge < -0.3 is 15.4 Å². The van der Waals surface area contributed by atoms with Crippen LogP contribution < -0.4 is 15.4 Å². The molecule has 2 aromatic carbocycles. The number of amides is 2. The van der Waals surface area contributed by atoms with Gasteiger partial charge in [0.15, 0.2) is 0 Å². The van der Waals surface area contributed by atoms with Crippen LogP contribution in [0.5, 0.6) is 5.75 Å². The Hall–Kier alpha value is -2.53. The largest absolute Gasteiger partial charge is 0.497 e. The van der Waals surface area contributed by atoms with Crippen LogP contribution in [0, 0.1) is 0 Å². The van der Waals surface area contributed by atoms with Gasteiger partial charge in [0.25, 0.3) is 0 Å². The minimum absolute atomic E-state index is 0.279. The molecule has 0 spiro atoms. The zero-order chi connectivity index (χ0) is 15.9. The Balaban J connectivity index is 1.86. The van der Waals surface area contributed by atoms with Gasteiger partial charge in [0.2, 0.25) is 11.8 Å². The number of halogens is 1. The monoisotopic (exact) mass is 318 g/mol. The Morgan fingerprint density at radius 3 is 2.23 bits per heavy atom. The van der Waals surface area contributed by atoms with Gasteiger partial charge in [-0.05, 0) is 42.5 Å². The summed E-state index contributed by atoms with van der Waals surface area (Å²) >= 11 is 5.83. The van der Waals surface area contributed by atoms with Gasteiger partial charge in [-0.3, -0.25) is 9.59 Å². The first-order valence-corrected chi connectivity index (χ1v) is 6.94. The van der Waals surface area contributed by atoms with Gasteiger partial charge in [-0.2, -0.15) is 0 Å². The number of hydrogen-bond acceptors (Lipinski definition) is 3. The van der Waals surface area contributed by atoms with E-state index in [1.165, 1.54) is 0 Å². The number of carbonyl (C=O) groups is 2. The molecule has 2 rings (SSSR count). The lowest BCUT2D eigenvalue weighted by Gasteiger charge is -2.07. The summed E-state index contributed by atoms with van der Waals surface area (Å²) in [7, 11) is 1.56. The number of ether oxygens (including phenoxy) is 1. The first-order valence-electron chi connectivity index (χ1n) is 6.56. The van der Waals surface area contributed by atoms with Crippen LogP contribution in [-0.4, -0.2) is 18.9 Å². The highest BCUT2D eigenvalue weighted by molar-refractivity contribution is 6.30. The van der Waals surface area contributed by atoms with Crippen molar-refractivity contribution in [3.8, 4) is 5.75 Å². The lowest BCUT2D eigenvalue weighted by Crippen LogP contribution is -2.21. The second-order valence-electron chi connectivity index (χ2n) is 4.51. The minimum Gasteiger partial charge on any atom is -0.497 e. The second kappa shape index (κ2) is 7.47. The number of nitrogens with one attached hydrogen (secondary N) is 2. The van der Waals surface area contributed by atoms with Crippen LogP contribution in [-0.2, 0) is 9.59 Å².